The van der Waals surface area contributed by atoms with E-state index in [1.165, 1.54) is 40.9 Å². The number of carbonyl (C=O) groups is 1. The average Bonchev–Trinajstić information content (AvgIpc) is 2.85. The lowest BCUT2D eigenvalue weighted by atomic mass is 10.0. The average molecular weight is 516 g/mol. The Kier molecular flexibility index (Phi) is 8.11. The van der Waals surface area contributed by atoms with Gasteiger partial charge in [-0.2, -0.15) is 5.10 Å². The summed E-state index contributed by atoms with van der Waals surface area (Å²) < 4.78 is 21.9. The predicted molar refractivity (Wildman–Crippen MR) is 140 cm³/mol. The summed E-state index contributed by atoms with van der Waals surface area (Å²) in [5.74, 6) is -0.530. The van der Waals surface area contributed by atoms with E-state index in [1.54, 1.807) is 27.0 Å². The number of carbonyl (C=O) groups excluding carboxylic acids is 1. The number of aromatic nitrogens is 2. The van der Waals surface area contributed by atoms with E-state index in [0.717, 1.165) is 6.07 Å². The van der Waals surface area contributed by atoms with Gasteiger partial charge in [0.15, 0.2) is 5.84 Å². The Morgan fingerprint density at radius 3 is 2.64 bits per heavy atom. The molecule has 0 radical (unpaired) electrons. The molecule has 11 heteroatoms. The maximum absolute atomic E-state index is 15.3. The van der Waals surface area contributed by atoms with Crippen molar-refractivity contribution in [3.63, 3.8) is 0 Å². The van der Waals surface area contributed by atoms with E-state index in [4.69, 9.17) is 16.3 Å². The molecule has 2 aromatic heterocycles. The second kappa shape index (κ2) is 10.9. The minimum Gasteiger partial charge on any atom is -0.480 e. The fourth-order valence-corrected chi connectivity index (χ4v) is 4.18. The van der Waals surface area contributed by atoms with Crippen LogP contribution in [0, 0.1) is 12.7 Å². The van der Waals surface area contributed by atoms with E-state index in [0.29, 0.717) is 34.2 Å². The zero-order valence-electron chi connectivity index (χ0n) is 20.7. The van der Waals surface area contributed by atoms with Gasteiger partial charge in [-0.05, 0) is 49.4 Å². The summed E-state index contributed by atoms with van der Waals surface area (Å²) in [5.41, 5.74) is 1.73. The number of hydrogen-bond donors (Lipinski definition) is 1. The maximum atomic E-state index is 15.3. The van der Waals surface area contributed by atoms with Gasteiger partial charge in [0.1, 0.15) is 17.4 Å². The quantitative estimate of drug-likeness (QED) is 0.212. The standard InChI is InChI=1S/C25H27ClFN5O4/c1-7-31(13-34)21(12-33)29-30(5)20-9-16-17(8-19(20)27)25(35)32(11-18(16)14(2)3)23-15(4)10-28-24(36-6)22(23)26/h8-11,13,33H,2,7,12H2,1,3-6H3/b29-21-. The van der Waals surface area contributed by atoms with Crippen LogP contribution in [0.2, 0.25) is 5.02 Å². The van der Waals surface area contributed by atoms with E-state index in [9.17, 15) is 14.7 Å². The van der Waals surface area contributed by atoms with Crippen molar-refractivity contribution in [1.82, 2.24) is 14.5 Å². The summed E-state index contributed by atoms with van der Waals surface area (Å²) in [4.78, 5) is 30.1. The zero-order valence-corrected chi connectivity index (χ0v) is 21.4. The van der Waals surface area contributed by atoms with Crippen molar-refractivity contribution in [3.05, 3.63) is 63.4 Å². The van der Waals surface area contributed by atoms with Gasteiger partial charge in [-0.1, -0.05) is 18.2 Å². The highest BCUT2D eigenvalue weighted by Gasteiger charge is 2.21. The lowest BCUT2D eigenvalue weighted by molar-refractivity contribution is -0.114. The monoisotopic (exact) mass is 515 g/mol. The lowest BCUT2D eigenvalue weighted by Gasteiger charge is -2.22. The maximum Gasteiger partial charge on any atom is 0.263 e. The van der Waals surface area contributed by atoms with Gasteiger partial charge < -0.3 is 9.84 Å². The van der Waals surface area contributed by atoms with E-state index >= 15 is 4.39 Å². The molecular weight excluding hydrogens is 489 g/mol. The second-order valence-corrected chi connectivity index (χ2v) is 8.43. The largest absolute Gasteiger partial charge is 0.480 e. The van der Waals surface area contributed by atoms with Crippen molar-refractivity contribution in [1.29, 1.82) is 0 Å². The third-order valence-electron chi connectivity index (χ3n) is 5.68. The van der Waals surface area contributed by atoms with E-state index in [-0.39, 0.29) is 34.4 Å². The number of allylic oxidation sites excluding steroid dienone is 1. The number of hydrazone groups is 1. The first-order chi connectivity index (χ1) is 17.1. The first kappa shape index (κ1) is 26.8. The molecular formula is C25H27ClFN5O4. The van der Waals surface area contributed by atoms with Crippen LogP contribution in [0.4, 0.5) is 10.1 Å². The number of methoxy groups -OCH3 is 1. The van der Waals surface area contributed by atoms with Crippen LogP contribution in [-0.2, 0) is 4.79 Å². The van der Waals surface area contributed by atoms with Gasteiger partial charge in [0.25, 0.3) is 5.56 Å². The summed E-state index contributed by atoms with van der Waals surface area (Å²) in [6.07, 6.45) is 3.66. The minimum absolute atomic E-state index is 0.0369. The molecule has 36 heavy (non-hydrogen) atoms. The number of aliphatic hydroxyl groups excluding tert-OH is 1. The molecule has 0 aliphatic carbocycles. The van der Waals surface area contributed by atoms with Gasteiger partial charge in [0.2, 0.25) is 12.3 Å². The van der Waals surface area contributed by atoms with Gasteiger partial charge in [0, 0.05) is 31.5 Å². The third kappa shape index (κ3) is 4.82. The Labute approximate surface area is 212 Å². The molecule has 0 unspecified atom stereocenters. The van der Waals surface area contributed by atoms with Gasteiger partial charge in [-0.25, -0.2) is 9.37 Å². The van der Waals surface area contributed by atoms with Gasteiger partial charge >= 0.3 is 0 Å². The molecule has 0 fully saturated rings. The second-order valence-electron chi connectivity index (χ2n) is 8.05. The normalized spacial score (nSPS) is 11.5. The number of ether oxygens (including phenoxy) is 1. The van der Waals surface area contributed by atoms with Crippen LogP contribution in [0.15, 0.2) is 41.0 Å². The predicted octanol–water partition coefficient (Wildman–Crippen LogP) is 3.75. The highest BCUT2D eigenvalue weighted by Crippen LogP contribution is 2.34. The number of fused-ring (bicyclic) bond motifs is 1. The SMILES string of the molecule is C=C(C)c1cn(-c2c(C)cnc(OC)c2Cl)c(=O)c2cc(F)c(N(C)/N=C(/CO)N(C=O)CC)cc12. The van der Waals surface area contributed by atoms with Crippen LogP contribution < -0.4 is 15.3 Å². The van der Waals surface area contributed by atoms with Crippen molar-refractivity contribution >= 4 is 45.9 Å². The number of benzene rings is 1. The smallest absolute Gasteiger partial charge is 0.263 e. The van der Waals surface area contributed by atoms with Crippen molar-refractivity contribution in [3.8, 4) is 11.6 Å². The number of amides is 1. The third-order valence-corrected chi connectivity index (χ3v) is 6.02. The number of likely N-dealkylation sites (N-methyl/N-ethyl adjacent to an activating group) is 1. The van der Waals surface area contributed by atoms with E-state index < -0.39 is 18.0 Å². The molecule has 0 spiro atoms. The number of amidine groups is 1. The molecule has 2 heterocycles. The highest BCUT2D eigenvalue weighted by molar-refractivity contribution is 6.33. The van der Waals surface area contributed by atoms with Gasteiger partial charge in [-0.3, -0.25) is 24.1 Å². The Hall–Kier alpha value is -3.76. The molecule has 3 rings (SSSR count). The molecule has 0 atom stereocenters. The van der Waals surface area contributed by atoms with Crippen LogP contribution in [0.25, 0.3) is 22.0 Å². The van der Waals surface area contributed by atoms with E-state index in [2.05, 4.69) is 16.7 Å². The molecule has 0 saturated heterocycles. The highest BCUT2D eigenvalue weighted by atomic mass is 35.5. The van der Waals surface area contributed by atoms with Crippen molar-refractivity contribution in [2.75, 3.05) is 32.3 Å². The molecule has 9 nitrogen and oxygen atoms in total. The summed E-state index contributed by atoms with van der Waals surface area (Å²) in [7, 11) is 2.90. The number of nitrogens with zero attached hydrogens (tertiary/aromatic N) is 5. The molecule has 0 bridgehead atoms. The Bertz CT molecular complexity index is 1440. The van der Waals surface area contributed by atoms with Crippen molar-refractivity contribution in [2.24, 2.45) is 5.10 Å². The molecule has 0 saturated carbocycles. The summed E-state index contributed by atoms with van der Waals surface area (Å²) >= 11 is 6.50. The Balaban J connectivity index is 2.31. The van der Waals surface area contributed by atoms with Gasteiger partial charge in [-0.15, -0.1) is 0 Å². The molecule has 3 aromatic rings. The van der Waals surface area contributed by atoms with Crippen LogP contribution in [0.3, 0.4) is 0 Å². The number of halogens is 2. The molecule has 1 amide bonds. The number of aliphatic hydroxyl groups is 1. The molecule has 1 aromatic carbocycles. The summed E-state index contributed by atoms with van der Waals surface area (Å²) in [6, 6.07) is 2.61. The fourth-order valence-electron chi connectivity index (χ4n) is 3.81. The number of hydrogen-bond acceptors (Lipinski definition) is 7. The molecule has 0 aliphatic heterocycles. The number of pyridine rings is 2. The lowest BCUT2D eigenvalue weighted by Crippen LogP contribution is -2.34. The fraction of sp³-hybridized carbons (Fsp3) is 0.280. The molecule has 190 valence electrons. The number of rotatable bonds is 8. The first-order valence-corrected chi connectivity index (χ1v) is 11.4. The Morgan fingerprint density at radius 2 is 2.08 bits per heavy atom. The molecule has 1 N–H and O–H groups in total. The van der Waals surface area contributed by atoms with Crippen LogP contribution in [-0.4, -0.2) is 59.1 Å². The first-order valence-electron chi connectivity index (χ1n) is 11.0. The molecule has 0 aliphatic rings. The topological polar surface area (TPSA) is 100 Å². The van der Waals surface area contributed by atoms with Crippen LogP contribution >= 0.6 is 11.6 Å². The van der Waals surface area contributed by atoms with Gasteiger partial charge in [0.05, 0.1) is 23.9 Å². The summed E-state index contributed by atoms with van der Waals surface area (Å²) in [5, 5.41) is 15.7. The minimum atomic E-state index is -0.724. The number of aryl methyl sites for hydroxylation is 1. The summed E-state index contributed by atoms with van der Waals surface area (Å²) in [6.45, 7) is 9.01. The Morgan fingerprint density at radius 1 is 1.39 bits per heavy atom. The van der Waals surface area contributed by atoms with Crippen molar-refractivity contribution < 1.29 is 19.0 Å². The van der Waals surface area contributed by atoms with Crippen LogP contribution in [0.1, 0.15) is 25.0 Å². The van der Waals surface area contributed by atoms with Crippen LogP contribution in [0.5, 0.6) is 5.88 Å². The van der Waals surface area contributed by atoms with Crippen molar-refractivity contribution in [2.45, 2.75) is 20.8 Å². The van der Waals surface area contributed by atoms with E-state index in [1.807, 2.05) is 0 Å². The number of anilines is 1. The zero-order chi connectivity index (χ0) is 26.7.